The average Bonchev–Trinajstić information content (AvgIpc) is 2.56. The zero-order chi connectivity index (χ0) is 16.4. The van der Waals surface area contributed by atoms with Crippen LogP contribution in [0.1, 0.15) is 23.7 Å². The van der Waals surface area contributed by atoms with Gasteiger partial charge >= 0.3 is 0 Å². The van der Waals surface area contributed by atoms with Crippen LogP contribution in [0.5, 0.6) is 5.75 Å². The molecule has 1 aliphatic rings. The van der Waals surface area contributed by atoms with Crippen LogP contribution in [0, 0.1) is 0 Å². The summed E-state index contributed by atoms with van der Waals surface area (Å²) in [5.41, 5.74) is 2.40. The third-order valence-corrected chi connectivity index (χ3v) is 4.34. The van der Waals surface area contributed by atoms with E-state index in [1.807, 2.05) is 18.2 Å². The normalized spacial score (nSPS) is 16.8. The van der Waals surface area contributed by atoms with Crippen molar-refractivity contribution >= 4 is 23.2 Å². The molecule has 1 heterocycles. The number of halogens is 1. The number of carbonyl (C=O) groups is 1. The lowest BCUT2D eigenvalue weighted by Gasteiger charge is -2.32. The Labute approximate surface area is 140 Å². The number of ether oxygens (including phenoxy) is 1. The van der Waals surface area contributed by atoms with Crippen molar-refractivity contribution in [3.05, 3.63) is 58.6 Å². The maximum Gasteiger partial charge on any atom is 0.231 e. The Hall–Kier alpha value is -2.04. The summed E-state index contributed by atoms with van der Waals surface area (Å²) >= 11 is 5.88. The fraction of sp³-hybridized carbons (Fsp3) is 0.278. The summed E-state index contributed by atoms with van der Waals surface area (Å²) in [4.78, 5) is 14.4. The summed E-state index contributed by atoms with van der Waals surface area (Å²) in [5.74, 6) is 0.663. The van der Waals surface area contributed by atoms with Crippen molar-refractivity contribution in [2.45, 2.75) is 18.9 Å². The minimum Gasteiger partial charge on any atom is -0.497 e. The van der Waals surface area contributed by atoms with Crippen LogP contribution in [0.2, 0.25) is 5.02 Å². The third-order valence-electron chi connectivity index (χ3n) is 4.08. The number of carbonyl (C=O) groups excluding carboxylic acids is 1. The van der Waals surface area contributed by atoms with Crippen molar-refractivity contribution in [2.24, 2.45) is 0 Å². The van der Waals surface area contributed by atoms with E-state index in [1.54, 1.807) is 36.3 Å². The molecule has 1 unspecified atom stereocenters. The number of aliphatic hydroxyl groups is 1. The minimum absolute atomic E-state index is 0.00581. The number of methoxy groups -OCH3 is 1. The summed E-state index contributed by atoms with van der Waals surface area (Å²) in [7, 11) is 1.58. The fourth-order valence-electron chi connectivity index (χ4n) is 2.82. The highest BCUT2D eigenvalue weighted by molar-refractivity contribution is 6.30. The predicted octanol–water partition coefficient (Wildman–Crippen LogP) is 3.36. The molecular formula is C18H18ClNO3. The lowest BCUT2D eigenvalue weighted by atomic mass is 9.97. The number of hydrogen-bond acceptors (Lipinski definition) is 3. The first-order chi connectivity index (χ1) is 11.1. The summed E-state index contributed by atoms with van der Waals surface area (Å²) in [6.45, 7) is 0.494. The molecule has 0 radical (unpaired) electrons. The first-order valence-corrected chi connectivity index (χ1v) is 7.87. The van der Waals surface area contributed by atoms with Crippen LogP contribution in [0.15, 0.2) is 42.5 Å². The van der Waals surface area contributed by atoms with Gasteiger partial charge in [0, 0.05) is 23.2 Å². The molecule has 23 heavy (non-hydrogen) atoms. The molecule has 3 rings (SSSR count). The fourth-order valence-corrected chi connectivity index (χ4v) is 2.95. The number of amides is 1. The SMILES string of the molecule is COc1ccc2c(c1)N(C(=O)Cc1ccc(Cl)cc1)CCC2O. The van der Waals surface area contributed by atoms with Crippen molar-refractivity contribution in [1.82, 2.24) is 0 Å². The Balaban J connectivity index is 1.87. The zero-order valence-corrected chi connectivity index (χ0v) is 13.6. The van der Waals surface area contributed by atoms with E-state index < -0.39 is 6.10 Å². The van der Waals surface area contributed by atoms with Crippen LogP contribution in [-0.4, -0.2) is 24.7 Å². The molecule has 0 bridgehead atoms. The number of benzene rings is 2. The standard InChI is InChI=1S/C18H18ClNO3/c1-23-14-6-7-15-16(11-14)20(9-8-17(15)21)18(22)10-12-2-4-13(19)5-3-12/h2-7,11,17,21H,8-10H2,1H3. The van der Waals surface area contributed by atoms with Crippen LogP contribution >= 0.6 is 11.6 Å². The highest BCUT2D eigenvalue weighted by Crippen LogP contribution is 2.36. The van der Waals surface area contributed by atoms with Crippen molar-refractivity contribution in [1.29, 1.82) is 0 Å². The van der Waals surface area contributed by atoms with Crippen LogP contribution in [0.4, 0.5) is 5.69 Å². The molecule has 0 fully saturated rings. The Morgan fingerprint density at radius 1 is 1.30 bits per heavy atom. The first kappa shape index (κ1) is 15.8. The number of rotatable bonds is 3. The van der Waals surface area contributed by atoms with Gasteiger partial charge in [-0.3, -0.25) is 4.79 Å². The van der Waals surface area contributed by atoms with Crippen LogP contribution < -0.4 is 9.64 Å². The number of fused-ring (bicyclic) bond motifs is 1. The second kappa shape index (κ2) is 6.60. The highest BCUT2D eigenvalue weighted by atomic mass is 35.5. The largest absolute Gasteiger partial charge is 0.497 e. The molecule has 0 spiro atoms. The maximum atomic E-state index is 12.7. The molecular weight excluding hydrogens is 314 g/mol. The Kier molecular flexibility index (Phi) is 4.55. The van der Waals surface area contributed by atoms with Gasteiger partial charge in [0.25, 0.3) is 0 Å². The summed E-state index contributed by atoms with van der Waals surface area (Å²) in [6.07, 6.45) is 0.283. The molecule has 0 saturated heterocycles. The van der Waals surface area contributed by atoms with Gasteiger partial charge in [0.05, 0.1) is 25.3 Å². The molecule has 1 aliphatic heterocycles. The number of nitrogens with zero attached hydrogens (tertiary/aromatic N) is 1. The van der Waals surface area contributed by atoms with Crippen LogP contribution in [-0.2, 0) is 11.2 Å². The van der Waals surface area contributed by atoms with E-state index >= 15 is 0 Å². The van der Waals surface area contributed by atoms with Gasteiger partial charge in [-0.05, 0) is 30.2 Å². The number of anilines is 1. The molecule has 2 aromatic rings. The van der Waals surface area contributed by atoms with Gasteiger partial charge in [-0.1, -0.05) is 29.8 Å². The molecule has 1 atom stereocenters. The molecule has 1 N–H and O–H groups in total. The van der Waals surface area contributed by atoms with Crippen LogP contribution in [0.25, 0.3) is 0 Å². The van der Waals surface area contributed by atoms with Gasteiger partial charge < -0.3 is 14.7 Å². The van der Waals surface area contributed by atoms with Gasteiger partial charge in [0.1, 0.15) is 5.75 Å². The van der Waals surface area contributed by atoms with Gasteiger partial charge in [-0.25, -0.2) is 0 Å². The zero-order valence-electron chi connectivity index (χ0n) is 12.8. The molecule has 1 amide bonds. The second-order valence-electron chi connectivity index (χ2n) is 5.58. The van der Waals surface area contributed by atoms with Gasteiger partial charge in [0.15, 0.2) is 0 Å². The topological polar surface area (TPSA) is 49.8 Å². The molecule has 5 heteroatoms. The quantitative estimate of drug-likeness (QED) is 0.938. The molecule has 2 aromatic carbocycles. The van der Waals surface area contributed by atoms with Crippen LogP contribution in [0.3, 0.4) is 0 Å². The monoisotopic (exact) mass is 331 g/mol. The summed E-state index contributed by atoms with van der Waals surface area (Å²) in [5, 5.41) is 10.8. The summed E-state index contributed by atoms with van der Waals surface area (Å²) in [6, 6.07) is 12.7. The van der Waals surface area contributed by atoms with Gasteiger partial charge in [0.2, 0.25) is 5.91 Å². The lowest BCUT2D eigenvalue weighted by molar-refractivity contribution is -0.118. The molecule has 4 nitrogen and oxygen atoms in total. The van der Waals surface area contributed by atoms with Crippen molar-refractivity contribution < 1.29 is 14.6 Å². The second-order valence-corrected chi connectivity index (χ2v) is 6.01. The average molecular weight is 332 g/mol. The summed E-state index contributed by atoms with van der Waals surface area (Å²) < 4.78 is 5.24. The van der Waals surface area contributed by atoms with Gasteiger partial charge in [-0.2, -0.15) is 0 Å². The van der Waals surface area contributed by atoms with E-state index in [1.165, 1.54) is 0 Å². The van der Waals surface area contributed by atoms with E-state index in [0.717, 1.165) is 16.8 Å². The van der Waals surface area contributed by atoms with E-state index in [-0.39, 0.29) is 5.91 Å². The molecule has 0 aromatic heterocycles. The highest BCUT2D eigenvalue weighted by Gasteiger charge is 2.28. The molecule has 0 saturated carbocycles. The van der Waals surface area contributed by atoms with Crippen molar-refractivity contribution in [3.8, 4) is 5.75 Å². The molecule has 120 valence electrons. The Morgan fingerprint density at radius 2 is 2.04 bits per heavy atom. The van der Waals surface area contributed by atoms with E-state index in [2.05, 4.69) is 0 Å². The Bertz CT molecular complexity index is 715. The van der Waals surface area contributed by atoms with E-state index in [9.17, 15) is 9.90 Å². The number of hydrogen-bond donors (Lipinski definition) is 1. The minimum atomic E-state index is -0.546. The molecule has 0 aliphatic carbocycles. The van der Waals surface area contributed by atoms with Crippen molar-refractivity contribution in [3.63, 3.8) is 0 Å². The van der Waals surface area contributed by atoms with E-state index in [0.29, 0.717) is 30.2 Å². The van der Waals surface area contributed by atoms with E-state index in [4.69, 9.17) is 16.3 Å². The maximum absolute atomic E-state index is 12.7. The number of aliphatic hydroxyl groups excluding tert-OH is 1. The first-order valence-electron chi connectivity index (χ1n) is 7.49. The lowest BCUT2D eigenvalue weighted by Crippen LogP contribution is -2.37. The van der Waals surface area contributed by atoms with Crippen molar-refractivity contribution in [2.75, 3.05) is 18.6 Å². The predicted molar refractivity (Wildman–Crippen MR) is 90.1 cm³/mol. The third kappa shape index (κ3) is 3.33. The Morgan fingerprint density at radius 3 is 2.74 bits per heavy atom. The van der Waals surface area contributed by atoms with Gasteiger partial charge in [-0.15, -0.1) is 0 Å². The smallest absolute Gasteiger partial charge is 0.231 e.